The number of pyridine rings is 1. The number of rotatable bonds is 1. The van der Waals surface area contributed by atoms with Crippen LogP contribution in [0.15, 0.2) is 35.3 Å². The Morgan fingerprint density at radius 2 is 2.25 bits per heavy atom. The second-order valence-corrected chi connectivity index (χ2v) is 5.73. The quantitative estimate of drug-likeness (QED) is 0.836. The van der Waals surface area contributed by atoms with Gasteiger partial charge >= 0.3 is 0 Å². The molecule has 0 radical (unpaired) electrons. The fourth-order valence-corrected chi connectivity index (χ4v) is 3.46. The molecule has 4 rings (SSSR count). The number of piperidine rings is 1. The molecule has 5 nitrogen and oxygen atoms in total. The van der Waals surface area contributed by atoms with E-state index >= 15 is 0 Å². The van der Waals surface area contributed by atoms with Gasteiger partial charge in [0.05, 0.1) is 0 Å². The smallest absolute Gasteiger partial charge is 0.259 e. The summed E-state index contributed by atoms with van der Waals surface area (Å²) in [6.45, 7) is 3.10. The summed E-state index contributed by atoms with van der Waals surface area (Å²) < 4.78 is 1.59. The normalized spacial score (nSPS) is 25.9. The van der Waals surface area contributed by atoms with Crippen molar-refractivity contribution in [3.63, 3.8) is 0 Å². The summed E-state index contributed by atoms with van der Waals surface area (Å²) in [7, 11) is 0. The highest BCUT2D eigenvalue weighted by Gasteiger charge is 2.33. The van der Waals surface area contributed by atoms with E-state index in [1.54, 1.807) is 16.7 Å². The Morgan fingerprint density at radius 3 is 3.20 bits per heavy atom. The summed E-state index contributed by atoms with van der Waals surface area (Å²) >= 11 is 0. The van der Waals surface area contributed by atoms with Crippen molar-refractivity contribution in [2.24, 2.45) is 5.92 Å². The zero-order valence-corrected chi connectivity index (χ0v) is 11.3. The maximum absolute atomic E-state index is 12.2. The fourth-order valence-electron chi connectivity index (χ4n) is 3.46. The third-order valence-corrected chi connectivity index (χ3v) is 4.54. The summed E-state index contributed by atoms with van der Waals surface area (Å²) in [4.78, 5) is 19.1. The number of fused-ring (bicyclic) bond motifs is 2. The van der Waals surface area contributed by atoms with Gasteiger partial charge in [-0.2, -0.15) is 0 Å². The first-order chi connectivity index (χ1) is 9.81. The van der Waals surface area contributed by atoms with Crippen LogP contribution < -0.4 is 15.8 Å². The zero-order chi connectivity index (χ0) is 13.5. The van der Waals surface area contributed by atoms with Crippen LogP contribution in [-0.2, 0) is 0 Å². The van der Waals surface area contributed by atoms with E-state index < -0.39 is 0 Å². The molecular formula is C15H18N4O. The lowest BCUT2D eigenvalue weighted by molar-refractivity contribution is 0.375. The number of hydrogen-bond acceptors (Lipinski definition) is 4. The van der Waals surface area contributed by atoms with Crippen LogP contribution in [0.5, 0.6) is 0 Å². The maximum Gasteiger partial charge on any atom is 0.259 e. The molecule has 2 aliphatic rings. The minimum atomic E-state index is -0.00253. The van der Waals surface area contributed by atoms with E-state index in [0.717, 1.165) is 37.5 Å². The topological polar surface area (TPSA) is 49.6 Å². The minimum absolute atomic E-state index is 0.00253. The van der Waals surface area contributed by atoms with Crippen LogP contribution in [0.4, 0.5) is 5.82 Å². The molecule has 1 N–H and O–H groups in total. The van der Waals surface area contributed by atoms with Crippen molar-refractivity contribution in [2.45, 2.75) is 18.9 Å². The number of aromatic nitrogens is 2. The Balaban J connectivity index is 1.70. The van der Waals surface area contributed by atoms with Gasteiger partial charge in [-0.1, -0.05) is 6.07 Å². The Morgan fingerprint density at radius 1 is 1.30 bits per heavy atom. The minimum Gasteiger partial charge on any atom is -0.356 e. The van der Waals surface area contributed by atoms with Gasteiger partial charge in [-0.3, -0.25) is 9.20 Å². The van der Waals surface area contributed by atoms with Crippen LogP contribution in [-0.4, -0.2) is 35.1 Å². The fraction of sp³-hybridized carbons (Fsp3) is 0.467. The van der Waals surface area contributed by atoms with E-state index in [1.807, 2.05) is 18.2 Å². The summed E-state index contributed by atoms with van der Waals surface area (Å²) in [5.41, 5.74) is 0.721. The van der Waals surface area contributed by atoms with Gasteiger partial charge < -0.3 is 10.2 Å². The summed E-state index contributed by atoms with van der Waals surface area (Å²) in [6.07, 6.45) is 4.13. The molecular weight excluding hydrogens is 252 g/mol. The molecule has 4 heterocycles. The highest BCUT2D eigenvalue weighted by molar-refractivity contribution is 5.48. The van der Waals surface area contributed by atoms with Crippen LogP contribution in [0.3, 0.4) is 0 Å². The summed E-state index contributed by atoms with van der Waals surface area (Å²) in [6, 6.07) is 7.97. The van der Waals surface area contributed by atoms with E-state index in [2.05, 4.69) is 15.2 Å². The molecule has 2 saturated heterocycles. The van der Waals surface area contributed by atoms with E-state index in [-0.39, 0.29) is 5.56 Å². The van der Waals surface area contributed by atoms with Gasteiger partial charge in [-0.25, -0.2) is 4.98 Å². The number of anilines is 1. The van der Waals surface area contributed by atoms with Crippen molar-refractivity contribution in [1.82, 2.24) is 14.7 Å². The third kappa shape index (κ3) is 1.89. The van der Waals surface area contributed by atoms with Crippen molar-refractivity contribution in [3.8, 4) is 0 Å². The van der Waals surface area contributed by atoms with Crippen LogP contribution in [0, 0.1) is 5.92 Å². The summed E-state index contributed by atoms with van der Waals surface area (Å²) in [5, 5.41) is 3.56. The van der Waals surface area contributed by atoms with Gasteiger partial charge in [-0.15, -0.1) is 0 Å². The molecule has 2 aliphatic heterocycles. The van der Waals surface area contributed by atoms with E-state index in [4.69, 9.17) is 0 Å². The van der Waals surface area contributed by atoms with E-state index in [1.165, 1.54) is 6.42 Å². The molecule has 5 heteroatoms. The Hall–Kier alpha value is -1.88. The predicted octanol–water partition coefficient (Wildman–Crippen LogP) is 0.883. The maximum atomic E-state index is 12.2. The van der Waals surface area contributed by atoms with Crippen molar-refractivity contribution in [2.75, 3.05) is 24.5 Å². The molecule has 0 bridgehead atoms. The van der Waals surface area contributed by atoms with Crippen LogP contribution >= 0.6 is 0 Å². The second-order valence-electron chi connectivity index (χ2n) is 5.73. The van der Waals surface area contributed by atoms with Gasteiger partial charge in [0.2, 0.25) is 0 Å². The van der Waals surface area contributed by atoms with Crippen LogP contribution in [0.25, 0.3) is 5.65 Å². The molecule has 2 aromatic rings. The standard InChI is InChI=1S/C15H18N4O/c20-15-9-14(17-13-3-1-2-7-19(13)15)18-8-5-12-11(10-18)4-6-16-12/h1-3,7,9,11-12,16H,4-6,8,10H2. The molecule has 0 aliphatic carbocycles. The van der Waals surface area contributed by atoms with Crippen molar-refractivity contribution in [1.29, 1.82) is 0 Å². The largest absolute Gasteiger partial charge is 0.356 e. The Labute approximate surface area is 117 Å². The van der Waals surface area contributed by atoms with Crippen molar-refractivity contribution in [3.05, 3.63) is 40.8 Å². The van der Waals surface area contributed by atoms with Crippen molar-refractivity contribution >= 4 is 11.5 Å². The lowest BCUT2D eigenvalue weighted by atomic mass is 9.93. The number of nitrogens with one attached hydrogen (secondary N) is 1. The molecule has 20 heavy (non-hydrogen) atoms. The molecule has 104 valence electrons. The monoisotopic (exact) mass is 270 g/mol. The average molecular weight is 270 g/mol. The first kappa shape index (κ1) is 11.9. The van der Waals surface area contributed by atoms with Crippen LogP contribution in [0.1, 0.15) is 12.8 Å². The third-order valence-electron chi connectivity index (χ3n) is 4.54. The van der Waals surface area contributed by atoms with Gasteiger partial charge in [0.1, 0.15) is 11.5 Å². The lowest BCUT2D eigenvalue weighted by Crippen LogP contribution is -2.45. The molecule has 0 amide bonds. The highest BCUT2D eigenvalue weighted by Crippen LogP contribution is 2.26. The molecule has 2 fully saturated rings. The number of hydrogen-bond donors (Lipinski definition) is 1. The van der Waals surface area contributed by atoms with Gasteiger partial charge in [-0.05, 0) is 37.4 Å². The second kappa shape index (κ2) is 4.59. The van der Waals surface area contributed by atoms with Crippen molar-refractivity contribution < 1.29 is 0 Å². The Bertz CT molecular complexity index is 696. The molecule has 0 saturated carbocycles. The van der Waals surface area contributed by atoms with Gasteiger partial charge in [0.25, 0.3) is 5.56 Å². The van der Waals surface area contributed by atoms with Gasteiger partial charge in [0, 0.05) is 31.4 Å². The molecule has 0 spiro atoms. The summed E-state index contributed by atoms with van der Waals surface area (Å²) in [5.74, 6) is 1.52. The average Bonchev–Trinajstić information content (AvgIpc) is 2.94. The zero-order valence-electron chi connectivity index (χ0n) is 11.3. The predicted molar refractivity (Wildman–Crippen MR) is 78.2 cm³/mol. The Kier molecular flexibility index (Phi) is 2.73. The molecule has 2 unspecified atom stereocenters. The van der Waals surface area contributed by atoms with E-state index in [9.17, 15) is 4.79 Å². The van der Waals surface area contributed by atoms with Gasteiger partial charge in [0.15, 0.2) is 0 Å². The lowest BCUT2D eigenvalue weighted by Gasteiger charge is -2.35. The van der Waals surface area contributed by atoms with E-state index in [0.29, 0.717) is 12.0 Å². The first-order valence-electron chi connectivity index (χ1n) is 7.28. The SMILES string of the molecule is O=c1cc(N2CCC3NCCC3C2)nc2ccccn12. The van der Waals surface area contributed by atoms with Crippen LogP contribution in [0.2, 0.25) is 0 Å². The number of nitrogens with zero attached hydrogens (tertiary/aromatic N) is 3. The molecule has 0 aromatic carbocycles. The molecule has 2 atom stereocenters. The first-order valence-corrected chi connectivity index (χ1v) is 7.28. The molecule has 2 aromatic heterocycles. The highest BCUT2D eigenvalue weighted by atomic mass is 16.1.